The lowest BCUT2D eigenvalue weighted by Crippen LogP contribution is -1.85. The lowest BCUT2D eigenvalue weighted by Gasteiger charge is -1.96. The quantitative estimate of drug-likeness (QED) is 0.628. The summed E-state index contributed by atoms with van der Waals surface area (Å²) in [5, 5.41) is 0. The van der Waals surface area contributed by atoms with Gasteiger partial charge in [0.1, 0.15) is 6.29 Å². The summed E-state index contributed by atoms with van der Waals surface area (Å²) >= 11 is 0. The van der Waals surface area contributed by atoms with Gasteiger partial charge in [0, 0.05) is 6.42 Å². The van der Waals surface area contributed by atoms with E-state index in [9.17, 15) is 4.79 Å². The van der Waals surface area contributed by atoms with E-state index in [0.29, 0.717) is 6.42 Å². The fourth-order valence-corrected chi connectivity index (χ4v) is 0.980. The fourth-order valence-electron chi connectivity index (χ4n) is 0.980. The predicted octanol–water partition coefficient (Wildman–Crippen LogP) is 2.76. The van der Waals surface area contributed by atoms with Gasteiger partial charge in [0.15, 0.2) is 0 Å². The Bertz CT molecular complexity index is 223. The zero-order chi connectivity index (χ0) is 8.10. The summed E-state index contributed by atoms with van der Waals surface area (Å²) in [5.41, 5.74) is 2.50. The van der Waals surface area contributed by atoms with Crippen LogP contribution in [0.3, 0.4) is 0 Å². The zero-order valence-electron chi connectivity index (χ0n) is 6.71. The van der Waals surface area contributed by atoms with Gasteiger partial charge in [0.25, 0.3) is 0 Å². The van der Waals surface area contributed by atoms with Gasteiger partial charge in [0.2, 0.25) is 0 Å². The van der Waals surface area contributed by atoms with Crippen molar-refractivity contribution in [2.75, 3.05) is 0 Å². The van der Waals surface area contributed by atoms with E-state index in [-0.39, 0.29) is 7.43 Å². The van der Waals surface area contributed by atoms with Crippen molar-refractivity contribution < 1.29 is 4.79 Å². The van der Waals surface area contributed by atoms with E-state index in [2.05, 4.69) is 31.2 Å². The van der Waals surface area contributed by atoms with E-state index < -0.39 is 0 Å². The summed E-state index contributed by atoms with van der Waals surface area (Å²) in [5.74, 6) is 0. The minimum Gasteiger partial charge on any atom is -0.303 e. The molecule has 0 aliphatic heterocycles. The number of rotatable bonds is 3. The Balaban J connectivity index is 0.00000121. The van der Waals surface area contributed by atoms with Crippen molar-refractivity contribution in [3.05, 3.63) is 35.4 Å². The molecule has 1 aromatic rings. The lowest BCUT2D eigenvalue weighted by atomic mass is 10.1. The first-order valence-corrected chi connectivity index (χ1v) is 3.82. The Morgan fingerprint density at radius 2 is 1.83 bits per heavy atom. The number of benzene rings is 1. The van der Waals surface area contributed by atoms with Gasteiger partial charge in [-0.15, -0.1) is 0 Å². The number of carbonyl (C=O) groups is 1. The van der Waals surface area contributed by atoms with Crippen LogP contribution in [0.1, 0.15) is 25.0 Å². The predicted molar refractivity (Wildman–Crippen MR) is 52.3 cm³/mol. The van der Waals surface area contributed by atoms with Crippen molar-refractivity contribution in [2.45, 2.75) is 27.2 Å². The van der Waals surface area contributed by atoms with E-state index in [1.807, 2.05) is 0 Å². The van der Waals surface area contributed by atoms with Crippen molar-refractivity contribution in [3.8, 4) is 0 Å². The second-order valence-electron chi connectivity index (χ2n) is 2.69. The van der Waals surface area contributed by atoms with Gasteiger partial charge in [-0.2, -0.15) is 0 Å². The standard InChI is InChI=1S/C10H12O.CH4/c1-9-4-6-10(7-5-9)3-2-8-11;/h4-8H,2-3H2,1H3;1H4. The highest BCUT2D eigenvalue weighted by atomic mass is 16.1. The molecule has 1 rings (SSSR count). The zero-order valence-corrected chi connectivity index (χ0v) is 6.71. The van der Waals surface area contributed by atoms with Crippen LogP contribution >= 0.6 is 0 Å². The van der Waals surface area contributed by atoms with Crippen LogP contribution in [-0.4, -0.2) is 6.29 Å². The number of hydrogen-bond donors (Lipinski definition) is 0. The molecule has 1 heteroatoms. The largest absolute Gasteiger partial charge is 0.303 e. The smallest absolute Gasteiger partial charge is 0.120 e. The van der Waals surface area contributed by atoms with Crippen LogP contribution in [0, 0.1) is 6.92 Å². The van der Waals surface area contributed by atoms with Gasteiger partial charge in [0.05, 0.1) is 0 Å². The van der Waals surface area contributed by atoms with Gasteiger partial charge < -0.3 is 4.79 Å². The van der Waals surface area contributed by atoms with Gasteiger partial charge in [-0.3, -0.25) is 0 Å². The van der Waals surface area contributed by atoms with Crippen LogP contribution < -0.4 is 0 Å². The average molecular weight is 164 g/mol. The molecule has 0 saturated carbocycles. The monoisotopic (exact) mass is 164 g/mol. The third-order valence-corrected chi connectivity index (χ3v) is 1.67. The van der Waals surface area contributed by atoms with Crippen LogP contribution in [0.25, 0.3) is 0 Å². The maximum Gasteiger partial charge on any atom is 0.120 e. The molecule has 0 bridgehead atoms. The Morgan fingerprint density at radius 3 is 2.33 bits per heavy atom. The third kappa shape index (κ3) is 3.33. The molecule has 0 saturated heterocycles. The Morgan fingerprint density at radius 1 is 1.25 bits per heavy atom. The minimum absolute atomic E-state index is 0. The molecule has 66 valence electrons. The molecule has 0 radical (unpaired) electrons. The van der Waals surface area contributed by atoms with Crippen LogP contribution in [-0.2, 0) is 11.2 Å². The maximum atomic E-state index is 10.0. The lowest BCUT2D eigenvalue weighted by molar-refractivity contribution is -0.107. The average Bonchev–Trinajstić information content (AvgIpc) is 2.04. The highest BCUT2D eigenvalue weighted by molar-refractivity contribution is 5.50. The fraction of sp³-hybridized carbons (Fsp3) is 0.364. The summed E-state index contributed by atoms with van der Waals surface area (Å²) in [6, 6.07) is 8.28. The van der Waals surface area contributed by atoms with Crippen molar-refractivity contribution in [3.63, 3.8) is 0 Å². The minimum atomic E-state index is 0. The number of hydrogen-bond acceptors (Lipinski definition) is 1. The Hall–Kier alpha value is -1.11. The second kappa shape index (κ2) is 5.53. The van der Waals surface area contributed by atoms with Crippen LogP contribution in [0.15, 0.2) is 24.3 Å². The number of carbonyl (C=O) groups excluding carboxylic acids is 1. The van der Waals surface area contributed by atoms with Crippen LogP contribution in [0.2, 0.25) is 0 Å². The molecule has 0 aliphatic carbocycles. The van der Waals surface area contributed by atoms with Crippen molar-refractivity contribution in [1.29, 1.82) is 0 Å². The first-order valence-electron chi connectivity index (χ1n) is 3.82. The molecule has 12 heavy (non-hydrogen) atoms. The highest BCUT2D eigenvalue weighted by Crippen LogP contribution is 2.04. The van der Waals surface area contributed by atoms with Crippen molar-refractivity contribution in [2.24, 2.45) is 0 Å². The molecule has 0 aliphatic rings. The Labute approximate surface area is 74.4 Å². The van der Waals surface area contributed by atoms with Crippen LogP contribution in [0.5, 0.6) is 0 Å². The SMILES string of the molecule is C.Cc1ccc(CCC=O)cc1. The molecule has 1 nitrogen and oxygen atoms in total. The summed E-state index contributed by atoms with van der Waals surface area (Å²) in [4.78, 5) is 10.0. The van der Waals surface area contributed by atoms with Gasteiger partial charge in [-0.1, -0.05) is 37.3 Å². The van der Waals surface area contributed by atoms with Crippen molar-refractivity contribution >= 4 is 6.29 Å². The topological polar surface area (TPSA) is 17.1 Å². The van der Waals surface area contributed by atoms with Crippen LogP contribution in [0.4, 0.5) is 0 Å². The first-order chi connectivity index (χ1) is 5.33. The van der Waals surface area contributed by atoms with E-state index in [0.717, 1.165) is 12.7 Å². The van der Waals surface area contributed by atoms with Crippen molar-refractivity contribution in [1.82, 2.24) is 0 Å². The number of aryl methyl sites for hydroxylation is 2. The van der Waals surface area contributed by atoms with E-state index in [1.54, 1.807) is 0 Å². The highest BCUT2D eigenvalue weighted by Gasteiger charge is 1.90. The number of aldehydes is 1. The summed E-state index contributed by atoms with van der Waals surface area (Å²) in [6.45, 7) is 2.06. The molecule has 0 amide bonds. The van der Waals surface area contributed by atoms with E-state index in [1.165, 1.54) is 11.1 Å². The molecule has 0 spiro atoms. The maximum absolute atomic E-state index is 10.0. The third-order valence-electron chi connectivity index (χ3n) is 1.67. The molecular formula is C11H16O. The first kappa shape index (κ1) is 10.9. The molecule has 0 N–H and O–H groups in total. The normalized spacial score (nSPS) is 8.75. The molecule has 0 atom stereocenters. The van der Waals surface area contributed by atoms with Gasteiger partial charge in [-0.25, -0.2) is 0 Å². The molecule has 0 heterocycles. The second-order valence-corrected chi connectivity index (χ2v) is 2.69. The molecular weight excluding hydrogens is 148 g/mol. The summed E-state index contributed by atoms with van der Waals surface area (Å²) in [6.07, 6.45) is 2.45. The van der Waals surface area contributed by atoms with E-state index in [4.69, 9.17) is 0 Å². The molecule has 0 fully saturated rings. The molecule has 0 aromatic heterocycles. The summed E-state index contributed by atoms with van der Waals surface area (Å²) in [7, 11) is 0. The van der Waals surface area contributed by atoms with Gasteiger partial charge in [-0.05, 0) is 18.9 Å². The molecule has 0 unspecified atom stereocenters. The molecule has 1 aromatic carbocycles. The van der Waals surface area contributed by atoms with E-state index >= 15 is 0 Å². The summed E-state index contributed by atoms with van der Waals surface area (Å²) < 4.78 is 0. The Kier molecular flexibility index (Phi) is 5.02. The van der Waals surface area contributed by atoms with Gasteiger partial charge >= 0.3 is 0 Å².